The van der Waals surface area contributed by atoms with Crippen molar-refractivity contribution in [3.63, 3.8) is 0 Å². The smallest absolute Gasteiger partial charge is 0.257 e. The van der Waals surface area contributed by atoms with Gasteiger partial charge in [0.2, 0.25) is 0 Å². The van der Waals surface area contributed by atoms with Crippen LogP contribution in [0.3, 0.4) is 0 Å². The van der Waals surface area contributed by atoms with Crippen LogP contribution >= 0.6 is 15.9 Å². The van der Waals surface area contributed by atoms with E-state index in [9.17, 15) is 4.79 Å². The van der Waals surface area contributed by atoms with Gasteiger partial charge in [-0.25, -0.2) is 4.68 Å². The Morgan fingerprint density at radius 1 is 1.11 bits per heavy atom. The number of benzene rings is 2. The molecule has 1 aliphatic rings. The molecule has 28 heavy (non-hydrogen) atoms. The Morgan fingerprint density at radius 3 is 2.57 bits per heavy atom. The minimum Gasteiger partial charge on any atom is -0.497 e. The average Bonchev–Trinajstić information content (AvgIpc) is 3.01. The number of fused-ring (bicyclic) bond motifs is 1. The normalized spacial score (nSPS) is 13.4. The Kier molecular flexibility index (Phi) is 4.98. The Balaban J connectivity index is 1.64. The van der Waals surface area contributed by atoms with E-state index in [0.717, 1.165) is 39.3 Å². The molecule has 1 aliphatic heterocycles. The maximum absolute atomic E-state index is 13.3. The zero-order valence-corrected chi connectivity index (χ0v) is 17.8. The van der Waals surface area contributed by atoms with Gasteiger partial charge in [0.05, 0.1) is 29.7 Å². The van der Waals surface area contributed by atoms with Crippen LogP contribution in [0, 0.1) is 13.8 Å². The van der Waals surface area contributed by atoms with Gasteiger partial charge in [-0.1, -0.05) is 22.0 Å². The van der Waals surface area contributed by atoms with Gasteiger partial charge in [0.1, 0.15) is 5.75 Å². The first-order chi connectivity index (χ1) is 13.5. The Labute approximate surface area is 173 Å². The minimum absolute atomic E-state index is 0.0341. The van der Waals surface area contributed by atoms with E-state index in [1.54, 1.807) is 7.11 Å². The summed E-state index contributed by atoms with van der Waals surface area (Å²) >= 11 is 3.46. The lowest BCUT2D eigenvalue weighted by Gasteiger charge is -2.29. The summed E-state index contributed by atoms with van der Waals surface area (Å²) in [5, 5.41) is 4.63. The number of halogens is 1. The second-order valence-electron chi connectivity index (χ2n) is 7.05. The molecular formula is C22H22BrN3O2. The fourth-order valence-electron chi connectivity index (χ4n) is 3.78. The van der Waals surface area contributed by atoms with Gasteiger partial charge in [-0.2, -0.15) is 5.10 Å². The molecule has 0 saturated carbocycles. The first-order valence-electron chi connectivity index (χ1n) is 9.25. The summed E-state index contributed by atoms with van der Waals surface area (Å²) in [5.74, 6) is 0.857. The standard InChI is InChI=1S/C22H22BrN3O2/c1-14-21(15(2)26(24-14)19-7-5-18(23)6-8-19)22(27)25-11-10-16-4-9-20(28-3)12-17(16)13-25/h4-9,12H,10-11,13H2,1-3H3. The molecule has 144 valence electrons. The summed E-state index contributed by atoms with van der Waals surface area (Å²) < 4.78 is 8.19. The molecule has 0 radical (unpaired) electrons. The van der Waals surface area contributed by atoms with E-state index in [0.29, 0.717) is 18.7 Å². The fourth-order valence-corrected chi connectivity index (χ4v) is 4.04. The van der Waals surface area contributed by atoms with Crippen molar-refractivity contribution in [3.8, 4) is 11.4 Å². The molecule has 2 heterocycles. The summed E-state index contributed by atoms with van der Waals surface area (Å²) in [7, 11) is 1.66. The van der Waals surface area contributed by atoms with E-state index in [-0.39, 0.29) is 5.91 Å². The molecule has 0 atom stereocenters. The predicted molar refractivity (Wildman–Crippen MR) is 112 cm³/mol. The van der Waals surface area contributed by atoms with Crippen LogP contribution in [0.5, 0.6) is 5.75 Å². The lowest BCUT2D eigenvalue weighted by molar-refractivity contribution is 0.0733. The third kappa shape index (κ3) is 3.33. The first kappa shape index (κ1) is 18.7. The molecule has 3 aromatic rings. The van der Waals surface area contributed by atoms with Gasteiger partial charge in [0.25, 0.3) is 5.91 Å². The Morgan fingerprint density at radius 2 is 1.86 bits per heavy atom. The van der Waals surface area contributed by atoms with Crippen LogP contribution in [0.4, 0.5) is 0 Å². The molecule has 0 aliphatic carbocycles. The molecule has 0 unspecified atom stereocenters. The number of carbonyl (C=O) groups is 1. The second-order valence-corrected chi connectivity index (χ2v) is 7.96. The van der Waals surface area contributed by atoms with Crippen molar-refractivity contribution < 1.29 is 9.53 Å². The van der Waals surface area contributed by atoms with Crippen molar-refractivity contribution in [2.45, 2.75) is 26.8 Å². The zero-order valence-electron chi connectivity index (χ0n) is 16.2. The highest BCUT2D eigenvalue weighted by atomic mass is 79.9. The van der Waals surface area contributed by atoms with Crippen molar-refractivity contribution in [2.24, 2.45) is 0 Å². The predicted octanol–water partition coefficient (Wildman–Crippen LogP) is 4.46. The van der Waals surface area contributed by atoms with Gasteiger partial charge in [-0.15, -0.1) is 0 Å². The van der Waals surface area contributed by atoms with E-state index in [1.807, 2.05) is 59.8 Å². The van der Waals surface area contributed by atoms with Crippen LogP contribution in [-0.2, 0) is 13.0 Å². The molecule has 5 nitrogen and oxygen atoms in total. The van der Waals surface area contributed by atoms with Gasteiger partial charge in [0, 0.05) is 17.6 Å². The van der Waals surface area contributed by atoms with Crippen LogP contribution in [0.15, 0.2) is 46.9 Å². The fraction of sp³-hybridized carbons (Fsp3) is 0.273. The van der Waals surface area contributed by atoms with Crippen LogP contribution in [0.2, 0.25) is 0 Å². The zero-order chi connectivity index (χ0) is 19.8. The largest absolute Gasteiger partial charge is 0.497 e. The van der Waals surface area contributed by atoms with Crippen molar-refractivity contribution in [3.05, 3.63) is 75.0 Å². The molecule has 0 spiro atoms. The summed E-state index contributed by atoms with van der Waals surface area (Å²) in [6, 6.07) is 14.0. The second kappa shape index (κ2) is 7.43. The van der Waals surface area contributed by atoms with Crippen molar-refractivity contribution in [1.29, 1.82) is 0 Å². The van der Waals surface area contributed by atoms with Gasteiger partial charge in [-0.3, -0.25) is 4.79 Å². The maximum atomic E-state index is 13.3. The average molecular weight is 440 g/mol. The monoisotopic (exact) mass is 439 g/mol. The lowest BCUT2D eigenvalue weighted by Crippen LogP contribution is -2.36. The first-order valence-corrected chi connectivity index (χ1v) is 10.0. The molecule has 0 saturated heterocycles. The highest BCUT2D eigenvalue weighted by molar-refractivity contribution is 9.10. The highest BCUT2D eigenvalue weighted by Gasteiger charge is 2.27. The SMILES string of the molecule is COc1ccc2c(c1)CN(C(=O)c1c(C)nn(-c3ccc(Br)cc3)c1C)CC2. The van der Waals surface area contributed by atoms with Crippen LogP contribution in [-0.4, -0.2) is 34.2 Å². The van der Waals surface area contributed by atoms with E-state index < -0.39 is 0 Å². The number of hydrogen-bond acceptors (Lipinski definition) is 3. The third-order valence-corrected chi connectivity index (χ3v) is 5.82. The topological polar surface area (TPSA) is 47.4 Å². The summed E-state index contributed by atoms with van der Waals surface area (Å²) in [6.07, 6.45) is 0.851. The van der Waals surface area contributed by atoms with Gasteiger partial charge < -0.3 is 9.64 Å². The number of ether oxygens (including phenoxy) is 1. The quantitative estimate of drug-likeness (QED) is 0.605. The maximum Gasteiger partial charge on any atom is 0.257 e. The van der Waals surface area contributed by atoms with Crippen LogP contribution in [0.25, 0.3) is 5.69 Å². The lowest BCUT2D eigenvalue weighted by atomic mass is 9.98. The number of aryl methyl sites for hydroxylation is 1. The number of carbonyl (C=O) groups excluding carboxylic acids is 1. The van der Waals surface area contributed by atoms with Gasteiger partial charge in [-0.05, 0) is 67.8 Å². The third-order valence-electron chi connectivity index (χ3n) is 5.29. The number of aromatic nitrogens is 2. The highest BCUT2D eigenvalue weighted by Crippen LogP contribution is 2.27. The van der Waals surface area contributed by atoms with E-state index in [1.165, 1.54) is 5.56 Å². The van der Waals surface area contributed by atoms with Crippen molar-refractivity contribution in [1.82, 2.24) is 14.7 Å². The van der Waals surface area contributed by atoms with Crippen LogP contribution in [0.1, 0.15) is 32.9 Å². The van der Waals surface area contributed by atoms with E-state index in [4.69, 9.17) is 4.74 Å². The molecule has 1 amide bonds. The van der Waals surface area contributed by atoms with E-state index in [2.05, 4.69) is 27.1 Å². The molecule has 0 bridgehead atoms. The molecular weight excluding hydrogens is 418 g/mol. The molecule has 0 fully saturated rings. The van der Waals surface area contributed by atoms with Crippen LogP contribution < -0.4 is 4.74 Å². The number of nitrogens with zero attached hydrogens (tertiary/aromatic N) is 3. The number of rotatable bonds is 3. The summed E-state index contributed by atoms with van der Waals surface area (Å²) in [4.78, 5) is 15.2. The molecule has 1 aromatic heterocycles. The van der Waals surface area contributed by atoms with Gasteiger partial charge in [0.15, 0.2) is 0 Å². The molecule has 4 rings (SSSR count). The Hall–Kier alpha value is -2.60. The Bertz CT molecular complexity index is 1040. The summed E-state index contributed by atoms with van der Waals surface area (Å²) in [6.45, 7) is 5.15. The number of methoxy groups -OCH3 is 1. The van der Waals surface area contributed by atoms with Gasteiger partial charge >= 0.3 is 0 Å². The number of hydrogen-bond donors (Lipinski definition) is 0. The van der Waals surface area contributed by atoms with Crippen molar-refractivity contribution in [2.75, 3.05) is 13.7 Å². The molecule has 2 aromatic carbocycles. The van der Waals surface area contributed by atoms with Crippen molar-refractivity contribution >= 4 is 21.8 Å². The molecule has 6 heteroatoms. The number of amides is 1. The molecule has 0 N–H and O–H groups in total. The van der Waals surface area contributed by atoms with E-state index >= 15 is 0 Å². The summed E-state index contributed by atoms with van der Waals surface area (Å²) in [5.41, 5.74) is 5.67. The minimum atomic E-state index is 0.0341.